The van der Waals surface area contributed by atoms with Gasteiger partial charge in [0.25, 0.3) is 0 Å². The van der Waals surface area contributed by atoms with Gasteiger partial charge in [-0.3, -0.25) is 4.79 Å². The van der Waals surface area contributed by atoms with Crippen molar-refractivity contribution in [2.24, 2.45) is 0 Å². The first-order valence-corrected chi connectivity index (χ1v) is 14.5. The monoisotopic (exact) mass is 530 g/mol. The lowest BCUT2D eigenvalue weighted by Crippen LogP contribution is -2.22. The average molecular weight is 531 g/mol. The van der Waals surface area contributed by atoms with E-state index in [1.54, 1.807) is 0 Å². The Bertz CT molecular complexity index is 1380. The van der Waals surface area contributed by atoms with Crippen LogP contribution in [0.2, 0.25) is 0 Å². The van der Waals surface area contributed by atoms with E-state index < -0.39 is 0 Å². The number of rotatable bonds is 4. The van der Waals surface area contributed by atoms with Gasteiger partial charge in [-0.15, -0.1) is 0 Å². The first-order valence-electron chi connectivity index (χ1n) is 14.5. The van der Waals surface area contributed by atoms with E-state index in [4.69, 9.17) is 0 Å². The van der Waals surface area contributed by atoms with Crippen LogP contribution in [0.1, 0.15) is 64.5 Å². The highest BCUT2D eigenvalue weighted by molar-refractivity contribution is 6.08. The van der Waals surface area contributed by atoms with Crippen LogP contribution >= 0.6 is 0 Å². The van der Waals surface area contributed by atoms with Gasteiger partial charge in [0.1, 0.15) is 0 Å². The number of allylic oxidation sites excluding steroid dienone is 12. The third-order valence-corrected chi connectivity index (χ3v) is 8.93. The molecular weight excluding hydrogens is 488 g/mol. The van der Waals surface area contributed by atoms with E-state index >= 15 is 0 Å². The summed E-state index contributed by atoms with van der Waals surface area (Å²) in [5.41, 5.74) is 9.43. The Balaban J connectivity index is 1.30. The second kappa shape index (κ2) is 11.0. The van der Waals surface area contributed by atoms with Crippen LogP contribution in [-0.2, 0) is 15.6 Å². The Morgan fingerprint density at radius 1 is 0.600 bits per heavy atom. The highest BCUT2D eigenvalue weighted by Crippen LogP contribution is 2.47. The number of para-hydroxylation sites is 2. The lowest BCUT2D eigenvalue weighted by atomic mass is 9.84. The van der Waals surface area contributed by atoms with E-state index in [-0.39, 0.29) is 16.6 Å². The number of nitrogens with zero attached hydrogens (tertiary/aromatic N) is 2. The van der Waals surface area contributed by atoms with Gasteiger partial charge in [0.15, 0.2) is 5.78 Å². The topological polar surface area (TPSA) is 23.6 Å². The molecule has 0 atom stereocenters. The third kappa shape index (κ3) is 4.94. The Morgan fingerprint density at radius 3 is 1.38 bits per heavy atom. The number of carbonyl (C=O) groups is 1. The van der Waals surface area contributed by atoms with E-state index in [0.29, 0.717) is 0 Å². The molecule has 0 saturated heterocycles. The predicted octanol–water partition coefficient (Wildman–Crippen LogP) is 8.72. The van der Waals surface area contributed by atoms with Gasteiger partial charge in [0.2, 0.25) is 0 Å². The number of benzene rings is 2. The van der Waals surface area contributed by atoms with Gasteiger partial charge in [-0.25, -0.2) is 0 Å². The molecular formula is C37H42N2O. The van der Waals surface area contributed by atoms with Crippen LogP contribution in [0.4, 0.5) is 11.4 Å². The summed E-state index contributed by atoms with van der Waals surface area (Å²) in [4.78, 5) is 17.9. The molecule has 0 spiro atoms. The molecule has 1 saturated carbocycles. The van der Waals surface area contributed by atoms with Crippen LogP contribution in [0, 0.1) is 0 Å². The molecule has 2 heterocycles. The van der Waals surface area contributed by atoms with Crippen molar-refractivity contribution in [2.75, 3.05) is 23.9 Å². The average Bonchev–Trinajstić information content (AvgIpc) is 3.15. The first-order chi connectivity index (χ1) is 19.1. The molecule has 3 nitrogen and oxygen atoms in total. The molecule has 2 aliphatic heterocycles. The van der Waals surface area contributed by atoms with Crippen LogP contribution in [0.25, 0.3) is 0 Å². The van der Waals surface area contributed by atoms with Crippen molar-refractivity contribution in [3.8, 4) is 0 Å². The SMILES string of the molecule is CN1/C(=C/C=C/C=C2\CCCC\C(=C/C=C/C=C3/N(C)c4ccccc4C3(C)C)C2=O)C(C)(C)c2ccccc21. The number of hydrogen-bond acceptors (Lipinski definition) is 3. The van der Waals surface area contributed by atoms with E-state index in [9.17, 15) is 4.79 Å². The highest BCUT2D eigenvalue weighted by Gasteiger charge is 2.38. The summed E-state index contributed by atoms with van der Waals surface area (Å²) < 4.78 is 0. The lowest BCUT2D eigenvalue weighted by Gasteiger charge is -2.23. The molecule has 3 heteroatoms. The van der Waals surface area contributed by atoms with Crippen molar-refractivity contribution in [2.45, 2.75) is 64.2 Å². The van der Waals surface area contributed by atoms with Crippen molar-refractivity contribution in [1.82, 2.24) is 0 Å². The second-order valence-corrected chi connectivity index (χ2v) is 12.2. The second-order valence-electron chi connectivity index (χ2n) is 12.2. The minimum atomic E-state index is -0.0518. The normalized spacial score (nSPS) is 24.2. The summed E-state index contributed by atoms with van der Waals surface area (Å²) in [7, 11) is 4.26. The number of anilines is 2. The molecule has 0 bridgehead atoms. The predicted molar refractivity (Wildman–Crippen MR) is 170 cm³/mol. The maximum atomic E-state index is 13.4. The summed E-state index contributed by atoms with van der Waals surface area (Å²) in [6.07, 6.45) is 20.4. The van der Waals surface area contributed by atoms with Gasteiger partial charge < -0.3 is 9.80 Å². The van der Waals surface area contributed by atoms with E-state index in [1.165, 1.54) is 33.9 Å². The standard InChI is InChI=1S/C37H42N2O/c1-36(2)29-21-11-13-23-31(29)38(5)33(36)25-15-9-19-27-17-7-8-18-28(35(27)40)20-10-16-26-34-37(3,4)30-22-12-14-24-32(30)39(34)6/h9-16,19-26H,7-8,17-18H2,1-6H3/b15-9+,16-10+,27-19+,28-20+,33-25+,34-26+. The van der Waals surface area contributed by atoms with Gasteiger partial charge in [0.05, 0.1) is 0 Å². The molecule has 2 aromatic carbocycles. The van der Waals surface area contributed by atoms with Crippen LogP contribution in [-0.4, -0.2) is 19.9 Å². The van der Waals surface area contributed by atoms with E-state index in [2.05, 4.69) is 124 Å². The van der Waals surface area contributed by atoms with Crippen molar-refractivity contribution < 1.29 is 4.79 Å². The van der Waals surface area contributed by atoms with Gasteiger partial charge >= 0.3 is 0 Å². The number of likely N-dealkylation sites (N-methyl/N-ethyl adjacent to an activating group) is 2. The molecule has 3 aliphatic rings. The zero-order valence-electron chi connectivity index (χ0n) is 24.9. The molecule has 0 amide bonds. The number of carbonyl (C=O) groups excluding carboxylic acids is 1. The summed E-state index contributed by atoms with van der Waals surface area (Å²) in [6, 6.07) is 17.2. The first kappa shape index (κ1) is 27.7. The number of Topliss-reactive ketones (excluding diaryl/α,β-unsaturated/α-hetero) is 1. The summed E-state index contributed by atoms with van der Waals surface area (Å²) in [6.45, 7) is 9.08. The van der Waals surface area contributed by atoms with Crippen molar-refractivity contribution in [1.29, 1.82) is 0 Å². The maximum Gasteiger partial charge on any atom is 0.184 e. The molecule has 206 valence electrons. The lowest BCUT2D eigenvalue weighted by molar-refractivity contribution is -0.112. The maximum absolute atomic E-state index is 13.4. The van der Waals surface area contributed by atoms with E-state index in [1.807, 2.05) is 24.3 Å². The molecule has 0 aromatic heterocycles. The van der Waals surface area contributed by atoms with Gasteiger partial charge in [-0.05, 0) is 72.2 Å². The minimum Gasteiger partial charge on any atom is -0.347 e. The highest BCUT2D eigenvalue weighted by atomic mass is 16.1. The molecule has 0 unspecified atom stereocenters. The van der Waals surface area contributed by atoms with Gasteiger partial charge in [0, 0.05) is 47.7 Å². The zero-order chi connectivity index (χ0) is 28.5. The van der Waals surface area contributed by atoms with Crippen LogP contribution in [0.5, 0.6) is 0 Å². The largest absolute Gasteiger partial charge is 0.347 e. The summed E-state index contributed by atoms with van der Waals surface area (Å²) >= 11 is 0. The Hall–Kier alpha value is -3.85. The van der Waals surface area contributed by atoms with Crippen molar-refractivity contribution >= 4 is 17.2 Å². The Kier molecular flexibility index (Phi) is 7.59. The molecule has 0 N–H and O–H groups in total. The molecule has 40 heavy (non-hydrogen) atoms. The molecule has 5 rings (SSSR count). The van der Waals surface area contributed by atoms with E-state index in [0.717, 1.165) is 36.8 Å². The minimum absolute atomic E-state index is 0.0518. The number of hydrogen-bond donors (Lipinski definition) is 0. The third-order valence-electron chi connectivity index (χ3n) is 8.93. The molecule has 0 radical (unpaired) electrons. The van der Waals surface area contributed by atoms with Crippen LogP contribution in [0.3, 0.4) is 0 Å². The molecule has 1 aliphatic carbocycles. The number of fused-ring (bicyclic) bond motifs is 2. The quantitative estimate of drug-likeness (QED) is 0.292. The van der Waals surface area contributed by atoms with Crippen molar-refractivity contribution in [3.63, 3.8) is 0 Å². The fourth-order valence-corrected chi connectivity index (χ4v) is 6.62. The summed E-state index contributed by atoms with van der Waals surface area (Å²) in [5, 5.41) is 0. The van der Waals surface area contributed by atoms with Crippen molar-refractivity contribution in [3.05, 3.63) is 131 Å². The fraction of sp³-hybridized carbons (Fsp3) is 0.324. The fourth-order valence-electron chi connectivity index (χ4n) is 6.62. The molecule has 2 aromatic rings. The summed E-state index contributed by atoms with van der Waals surface area (Å²) in [5.74, 6) is 0.184. The van der Waals surface area contributed by atoms with Crippen LogP contribution < -0.4 is 9.80 Å². The molecule has 1 fully saturated rings. The van der Waals surface area contributed by atoms with Crippen LogP contribution in [0.15, 0.2) is 120 Å². The van der Waals surface area contributed by atoms with Gasteiger partial charge in [-0.1, -0.05) is 101 Å². The van der Waals surface area contributed by atoms with Gasteiger partial charge in [-0.2, -0.15) is 0 Å². The Labute approximate surface area is 240 Å². The smallest absolute Gasteiger partial charge is 0.184 e. The Morgan fingerprint density at radius 2 is 0.975 bits per heavy atom. The zero-order valence-corrected chi connectivity index (χ0v) is 24.9. The number of ketones is 1.